The molecule has 7 nitrogen and oxygen atoms in total. The highest BCUT2D eigenvalue weighted by atomic mass is 16.6. The maximum Gasteiger partial charge on any atom is 0.164 e. The first-order valence-corrected chi connectivity index (χ1v) is 7.86. The Kier molecular flexibility index (Phi) is 5.57. The fourth-order valence-corrected chi connectivity index (χ4v) is 2.27. The fourth-order valence-electron chi connectivity index (χ4n) is 2.27. The Labute approximate surface area is 146 Å². The van der Waals surface area contributed by atoms with E-state index in [1.54, 1.807) is 27.4 Å². The normalized spacial score (nSPS) is 16.2. The summed E-state index contributed by atoms with van der Waals surface area (Å²) in [7, 11) is 4.80. The molecule has 1 aromatic carbocycles. The van der Waals surface area contributed by atoms with Gasteiger partial charge < -0.3 is 28.2 Å². The van der Waals surface area contributed by atoms with Gasteiger partial charge in [-0.2, -0.15) is 0 Å². The van der Waals surface area contributed by atoms with Crippen molar-refractivity contribution in [2.45, 2.75) is 12.7 Å². The number of ether oxygens (including phenoxy) is 5. The maximum absolute atomic E-state index is 5.86. The highest BCUT2D eigenvalue weighted by molar-refractivity contribution is 5.73. The largest absolute Gasteiger partial charge is 0.493 e. The van der Waals surface area contributed by atoms with Crippen molar-refractivity contribution in [3.05, 3.63) is 35.2 Å². The smallest absolute Gasteiger partial charge is 0.164 e. The van der Waals surface area contributed by atoms with Gasteiger partial charge in [0.15, 0.2) is 17.3 Å². The molecule has 3 rings (SSSR count). The minimum absolute atomic E-state index is 0.163. The lowest BCUT2D eigenvalue weighted by molar-refractivity contribution is 0.177. The van der Waals surface area contributed by atoms with Crippen LogP contribution in [0, 0.1) is 0 Å². The molecule has 1 fully saturated rings. The summed E-state index contributed by atoms with van der Waals surface area (Å²) >= 11 is 0. The summed E-state index contributed by atoms with van der Waals surface area (Å²) in [6.45, 7) is 1.64. The lowest BCUT2D eigenvalue weighted by Crippen LogP contribution is -2.05. The van der Waals surface area contributed by atoms with E-state index >= 15 is 0 Å². The zero-order valence-corrected chi connectivity index (χ0v) is 14.5. The van der Waals surface area contributed by atoms with Gasteiger partial charge in [-0.15, -0.1) is 0 Å². The van der Waals surface area contributed by atoms with E-state index in [1.807, 2.05) is 24.3 Å². The number of methoxy groups -OCH3 is 3. The molecule has 1 aliphatic heterocycles. The van der Waals surface area contributed by atoms with Crippen LogP contribution in [-0.2, 0) is 16.1 Å². The zero-order valence-electron chi connectivity index (χ0n) is 14.5. The number of hydrogen-bond acceptors (Lipinski definition) is 7. The summed E-state index contributed by atoms with van der Waals surface area (Å²) in [6.07, 6.45) is 3.85. The molecule has 134 valence electrons. The first kappa shape index (κ1) is 17.3. The van der Waals surface area contributed by atoms with E-state index in [1.165, 1.54) is 0 Å². The molecule has 0 aliphatic carbocycles. The van der Waals surface area contributed by atoms with E-state index in [0.29, 0.717) is 36.2 Å². The second-order valence-corrected chi connectivity index (χ2v) is 5.50. The van der Waals surface area contributed by atoms with Gasteiger partial charge in [0.2, 0.25) is 0 Å². The van der Waals surface area contributed by atoms with E-state index in [4.69, 9.17) is 28.2 Å². The van der Waals surface area contributed by atoms with Crippen LogP contribution in [0.1, 0.15) is 17.0 Å². The third kappa shape index (κ3) is 4.52. The molecule has 0 radical (unpaired) electrons. The van der Waals surface area contributed by atoms with E-state index in [9.17, 15) is 0 Å². The van der Waals surface area contributed by atoms with Crippen LogP contribution in [0.25, 0.3) is 12.2 Å². The molecule has 1 aromatic heterocycles. The zero-order chi connectivity index (χ0) is 17.6. The number of epoxide rings is 1. The second-order valence-electron chi connectivity index (χ2n) is 5.50. The Bertz CT molecular complexity index is 735. The van der Waals surface area contributed by atoms with Gasteiger partial charge in [-0.3, -0.25) is 0 Å². The highest BCUT2D eigenvalue weighted by Gasteiger charge is 2.24. The van der Waals surface area contributed by atoms with Gasteiger partial charge in [0, 0.05) is 24.8 Å². The van der Waals surface area contributed by atoms with Crippen molar-refractivity contribution in [1.82, 2.24) is 5.16 Å². The topological polar surface area (TPSA) is 75.5 Å². The highest BCUT2D eigenvalue weighted by Crippen LogP contribution is 2.36. The van der Waals surface area contributed by atoms with Crippen molar-refractivity contribution in [3.8, 4) is 17.2 Å². The average molecular weight is 347 g/mol. The minimum Gasteiger partial charge on any atom is -0.493 e. The number of aromatic nitrogens is 1. The molecule has 1 aliphatic rings. The molecule has 0 spiro atoms. The van der Waals surface area contributed by atoms with E-state index in [2.05, 4.69) is 5.16 Å². The van der Waals surface area contributed by atoms with Gasteiger partial charge in [0.25, 0.3) is 0 Å². The summed E-state index contributed by atoms with van der Waals surface area (Å²) in [5, 5.41) is 3.93. The van der Waals surface area contributed by atoms with Crippen LogP contribution < -0.4 is 14.2 Å². The molecule has 2 heterocycles. The molecule has 0 saturated carbocycles. The Morgan fingerprint density at radius 3 is 2.52 bits per heavy atom. The Hall–Kier alpha value is -2.51. The van der Waals surface area contributed by atoms with Gasteiger partial charge >= 0.3 is 0 Å². The SMILES string of the molecule is COCc1cc(C=Cc2cc(OC)c(OC)cc2OCC2CO2)on1. The first-order valence-electron chi connectivity index (χ1n) is 7.86. The molecule has 1 saturated heterocycles. The standard InChI is InChI=1S/C18H21NO6/c1-20-9-13-7-14(25-19-13)5-4-12-6-17(21-2)18(22-3)8-16(12)24-11-15-10-23-15/h4-8,15H,9-11H2,1-3H3. The van der Waals surface area contributed by atoms with Crippen LogP contribution in [0.3, 0.4) is 0 Å². The molecule has 1 atom stereocenters. The third-order valence-electron chi connectivity index (χ3n) is 3.64. The van der Waals surface area contributed by atoms with Gasteiger partial charge in [-0.05, 0) is 18.2 Å². The van der Waals surface area contributed by atoms with Crippen molar-refractivity contribution in [2.24, 2.45) is 0 Å². The van der Waals surface area contributed by atoms with E-state index in [-0.39, 0.29) is 6.10 Å². The molecule has 7 heteroatoms. The van der Waals surface area contributed by atoms with Crippen molar-refractivity contribution in [2.75, 3.05) is 34.5 Å². The molecule has 0 bridgehead atoms. The minimum atomic E-state index is 0.163. The average Bonchev–Trinajstić information content (AvgIpc) is 3.36. The predicted molar refractivity (Wildman–Crippen MR) is 90.9 cm³/mol. The maximum atomic E-state index is 5.86. The summed E-state index contributed by atoms with van der Waals surface area (Å²) < 4.78 is 32.0. The van der Waals surface area contributed by atoms with Crippen LogP contribution in [0.5, 0.6) is 17.2 Å². The quantitative estimate of drug-likeness (QED) is 0.646. The molecule has 1 unspecified atom stereocenters. The Morgan fingerprint density at radius 1 is 1.08 bits per heavy atom. The summed E-state index contributed by atoms with van der Waals surface area (Å²) in [5.41, 5.74) is 1.57. The summed E-state index contributed by atoms with van der Waals surface area (Å²) in [6, 6.07) is 5.47. The van der Waals surface area contributed by atoms with E-state index in [0.717, 1.165) is 17.9 Å². The van der Waals surface area contributed by atoms with Gasteiger partial charge in [0.05, 0.1) is 27.4 Å². The molecular formula is C18H21NO6. The van der Waals surface area contributed by atoms with Gasteiger partial charge in [0.1, 0.15) is 24.2 Å². The summed E-state index contributed by atoms with van der Waals surface area (Å²) in [4.78, 5) is 0. The van der Waals surface area contributed by atoms with Crippen molar-refractivity contribution in [1.29, 1.82) is 0 Å². The molecule has 0 N–H and O–H groups in total. The number of hydrogen-bond donors (Lipinski definition) is 0. The fraction of sp³-hybridized carbons (Fsp3) is 0.389. The molecule has 2 aromatic rings. The van der Waals surface area contributed by atoms with Crippen LogP contribution in [0.4, 0.5) is 0 Å². The number of nitrogens with zero attached hydrogens (tertiary/aromatic N) is 1. The van der Waals surface area contributed by atoms with Crippen LogP contribution in [0.2, 0.25) is 0 Å². The summed E-state index contributed by atoms with van der Waals surface area (Å²) in [5.74, 6) is 2.53. The second kappa shape index (κ2) is 8.04. The lowest BCUT2D eigenvalue weighted by Gasteiger charge is -2.13. The van der Waals surface area contributed by atoms with Crippen molar-refractivity contribution in [3.63, 3.8) is 0 Å². The first-order chi connectivity index (χ1) is 12.2. The van der Waals surface area contributed by atoms with Crippen molar-refractivity contribution < 1.29 is 28.2 Å². The monoisotopic (exact) mass is 347 g/mol. The Balaban J connectivity index is 1.83. The predicted octanol–water partition coefficient (Wildman–Crippen LogP) is 2.79. The van der Waals surface area contributed by atoms with Crippen LogP contribution in [0.15, 0.2) is 22.7 Å². The lowest BCUT2D eigenvalue weighted by atomic mass is 10.1. The number of benzene rings is 1. The molecular weight excluding hydrogens is 326 g/mol. The molecule has 25 heavy (non-hydrogen) atoms. The van der Waals surface area contributed by atoms with Crippen LogP contribution >= 0.6 is 0 Å². The third-order valence-corrected chi connectivity index (χ3v) is 3.64. The van der Waals surface area contributed by atoms with Crippen molar-refractivity contribution >= 4 is 12.2 Å². The molecule has 0 amide bonds. The Morgan fingerprint density at radius 2 is 1.84 bits per heavy atom. The number of rotatable bonds is 9. The van der Waals surface area contributed by atoms with Gasteiger partial charge in [-0.25, -0.2) is 0 Å². The van der Waals surface area contributed by atoms with Gasteiger partial charge in [-0.1, -0.05) is 5.16 Å². The van der Waals surface area contributed by atoms with E-state index < -0.39 is 0 Å². The van der Waals surface area contributed by atoms with Crippen LogP contribution in [-0.4, -0.2) is 45.8 Å².